The molecule has 1 unspecified atom stereocenters. The van der Waals surface area contributed by atoms with Gasteiger partial charge in [-0.2, -0.15) is 5.10 Å². The van der Waals surface area contributed by atoms with Crippen LogP contribution in [0, 0.1) is 0 Å². The second-order valence-electron chi connectivity index (χ2n) is 7.08. The summed E-state index contributed by atoms with van der Waals surface area (Å²) in [7, 11) is 0. The highest BCUT2D eigenvalue weighted by Gasteiger charge is 2.29. The number of rotatable bonds is 6. The SMILES string of the molecule is CCN(CC)c1ccc(C2CC(c3ccccc3)=NN2c2ccccc2)cc1. The van der Waals surface area contributed by atoms with E-state index in [9.17, 15) is 0 Å². The van der Waals surface area contributed by atoms with Crippen LogP contribution in [0.25, 0.3) is 0 Å². The van der Waals surface area contributed by atoms with Crippen molar-refractivity contribution < 1.29 is 0 Å². The molecule has 1 atom stereocenters. The molecule has 0 amide bonds. The van der Waals surface area contributed by atoms with Gasteiger partial charge < -0.3 is 4.90 Å². The van der Waals surface area contributed by atoms with Gasteiger partial charge in [0.15, 0.2) is 0 Å². The summed E-state index contributed by atoms with van der Waals surface area (Å²) in [6.45, 7) is 6.45. The molecule has 1 aliphatic rings. The van der Waals surface area contributed by atoms with Gasteiger partial charge in [0, 0.05) is 25.2 Å². The van der Waals surface area contributed by atoms with Crippen LogP contribution in [0.3, 0.4) is 0 Å². The largest absolute Gasteiger partial charge is 0.372 e. The summed E-state index contributed by atoms with van der Waals surface area (Å²) in [5.41, 5.74) is 6.05. The van der Waals surface area contributed by atoms with Crippen LogP contribution in [-0.2, 0) is 0 Å². The van der Waals surface area contributed by atoms with E-state index < -0.39 is 0 Å². The zero-order chi connectivity index (χ0) is 19.3. The van der Waals surface area contributed by atoms with Gasteiger partial charge in [0.2, 0.25) is 0 Å². The molecule has 3 nitrogen and oxygen atoms in total. The number of para-hydroxylation sites is 1. The fourth-order valence-electron chi connectivity index (χ4n) is 3.89. The maximum Gasteiger partial charge on any atom is 0.0831 e. The van der Waals surface area contributed by atoms with Gasteiger partial charge in [-0.1, -0.05) is 60.7 Å². The van der Waals surface area contributed by atoms with Crippen LogP contribution in [0.2, 0.25) is 0 Å². The lowest BCUT2D eigenvalue weighted by Gasteiger charge is -2.25. The third kappa shape index (κ3) is 3.65. The van der Waals surface area contributed by atoms with Gasteiger partial charge in [-0.15, -0.1) is 0 Å². The highest BCUT2D eigenvalue weighted by Crippen LogP contribution is 2.37. The number of nitrogens with zero attached hydrogens (tertiary/aromatic N) is 3. The van der Waals surface area contributed by atoms with E-state index in [1.54, 1.807) is 0 Å². The predicted octanol–water partition coefficient (Wildman–Crippen LogP) is 5.89. The molecule has 1 heterocycles. The Morgan fingerprint density at radius 2 is 1.43 bits per heavy atom. The Balaban J connectivity index is 1.67. The van der Waals surface area contributed by atoms with Crippen molar-refractivity contribution in [2.24, 2.45) is 5.10 Å². The quantitative estimate of drug-likeness (QED) is 0.539. The summed E-state index contributed by atoms with van der Waals surface area (Å²) in [5, 5.41) is 7.19. The number of hydrogen-bond donors (Lipinski definition) is 0. The highest BCUT2D eigenvalue weighted by atomic mass is 15.5. The van der Waals surface area contributed by atoms with Gasteiger partial charge in [-0.3, -0.25) is 5.01 Å². The molecule has 0 radical (unpaired) electrons. The molecule has 0 saturated heterocycles. The molecular formula is C25H27N3. The average Bonchev–Trinajstić information content (AvgIpc) is 3.22. The van der Waals surface area contributed by atoms with E-state index in [-0.39, 0.29) is 6.04 Å². The van der Waals surface area contributed by atoms with Gasteiger partial charge >= 0.3 is 0 Å². The van der Waals surface area contributed by atoms with E-state index in [2.05, 4.69) is 109 Å². The zero-order valence-corrected chi connectivity index (χ0v) is 16.6. The van der Waals surface area contributed by atoms with Gasteiger partial charge in [0.1, 0.15) is 0 Å². The van der Waals surface area contributed by atoms with Crippen LogP contribution in [-0.4, -0.2) is 18.8 Å². The molecule has 28 heavy (non-hydrogen) atoms. The first kappa shape index (κ1) is 18.3. The molecule has 0 bridgehead atoms. The predicted molar refractivity (Wildman–Crippen MR) is 119 cm³/mol. The highest BCUT2D eigenvalue weighted by molar-refractivity contribution is 6.03. The Labute approximate surface area is 167 Å². The molecule has 0 spiro atoms. The Kier molecular flexibility index (Phi) is 5.43. The van der Waals surface area contributed by atoms with Crippen molar-refractivity contribution in [2.75, 3.05) is 23.0 Å². The summed E-state index contributed by atoms with van der Waals surface area (Å²) < 4.78 is 0. The monoisotopic (exact) mass is 369 g/mol. The number of benzene rings is 3. The number of hydrazone groups is 1. The topological polar surface area (TPSA) is 18.8 Å². The van der Waals surface area contributed by atoms with Crippen LogP contribution < -0.4 is 9.91 Å². The zero-order valence-electron chi connectivity index (χ0n) is 16.6. The Hall–Kier alpha value is -3.07. The summed E-state index contributed by atoms with van der Waals surface area (Å²) in [6.07, 6.45) is 0.906. The first-order valence-electron chi connectivity index (χ1n) is 10.1. The van der Waals surface area contributed by atoms with Crippen LogP contribution >= 0.6 is 0 Å². The molecular weight excluding hydrogens is 342 g/mol. The van der Waals surface area contributed by atoms with E-state index in [4.69, 9.17) is 5.10 Å². The second-order valence-corrected chi connectivity index (χ2v) is 7.08. The molecule has 4 rings (SSSR count). The third-order valence-corrected chi connectivity index (χ3v) is 5.44. The van der Waals surface area contributed by atoms with Crippen molar-refractivity contribution in [3.63, 3.8) is 0 Å². The van der Waals surface area contributed by atoms with E-state index in [1.807, 2.05) is 0 Å². The first-order valence-corrected chi connectivity index (χ1v) is 10.1. The lowest BCUT2D eigenvalue weighted by atomic mass is 9.98. The first-order chi connectivity index (χ1) is 13.8. The standard InChI is InChI=1S/C25H27N3/c1-3-27(4-2)22-17-15-21(16-18-22)25-19-24(20-11-7-5-8-12-20)26-28(25)23-13-9-6-10-14-23/h5-18,25H,3-4,19H2,1-2H3. The van der Waals surface area contributed by atoms with Gasteiger partial charge in [-0.05, 0) is 49.2 Å². The smallest absolute Gasteiger partial charge is 0.0831 e. The molecule has 1 aliphatic heterocycles. The second kappa shape index (κ2) is 8.30. The summed E-state index contributed by atoms with van der Waals surface area (Å²) in [4.78, 5) is 2.37. The lowest BCUT2D eigenvalue weighted by molar-refractivity contribution is 0.708. The normalized spacial score (nSPS) is 16.1. The van der Waals surface area contributed by atoms with Crippen molar-refractivity contribution in [1.82, 2.24) is 0 Å². The average molecular weight is 370 g/mol. The minimum absolute atomic E-state index is 0.211. The van der Waals surface area contributed by atoms with Gasteiger partial charge in [0.05, 0.1) is 17.4 Å². The maximum atomic E-state index is 5.02. The Morgan fingerprint density at radius 3 is 2.04 bits per heavy atom. The molecule has 0 aromatic heterocycles. The van der Waals surface area contributed by atoms with Crippen molar-refractivity contribution in [2.45, 2.75) is 26.3 Å². The van der Waals surface area contributed by atoms with Gasteiger partial charge in [0.25, 0.3) is 0 Å². The summed E-state index contributed by atoms with van der Waals surface area (Å²) >= 11 is 0. The molecule has 0 fully saturated rings. The molecule has 3 heteroatoms. The summed E-state index contributed by atoms with van der Waals surface area (Å²) in [6, 6.07) is 30.2. The Morgan fingerprint density at radius 1 is 0.821 bits per heavy atom. The molecule has 3 aromatic carbocycles. The minimum Gasteiger partial charge on any atom is -0.372 e. The lowest BCUT2D eigenvalue weighted by Crippen LogP contribution is -2.22. The van der Waals surface area contributed by atoms with E-state index in [0.29, 0.717) is 0 Å². The number of anilines is 2. The van der Waals surface area contributed by atoms with Crippen LogP contribution in [0.4, 0.5) is 11.4 Å². The fourth-order valence-corrected chi connectivity index (χ4v) is 3.89. The van der Waals surface area contributed by atoms with E-state index >= 15 is 0 Å². The van der Waals surface area contributed by atoms with Crippen molar-refractivity contribution >= 4 is 17.1 Å². The molecule has 3 aromatic rings. The van der Waals surface area contributed by atoms with Gasteiger partial charge in [-0.25, -0.2) is 0 Å². The van der Waals surface area contributed by atoms with Crippen molar-refractivity contribution in [3.8, 4) is 0 Å². The minimum atomic E-state index is 0.211. The molecule has 142 valence electrons. The molecule has 0 N–H and O–H groups in total. The van der Waals surface area contributed by atoms with E-state index in [1.165, 1.54) is 16.8 Å². The molecule has 0 aliphatic carbocycles. The summed E-state index contributed by atoms with van der Waals surface area (Å²) in [5.74, 6) is 0. The van der Waals surface area contributed by atoms with Crippen LogP contribution in [0.5, 0.6) is 0 Å². The van der Waals surface area contributed by atoms with Crippen LogP contribution in [0.1, 0.15) is 37.4 Å². The molecule has 0 saturated carbocycles. The Bertz CT molecular complexity index is 913. The van der Waals surface area contributed by atoms with Crippen LogP contribution in [0.15, 0.2) is 90.0 Å². The maximum absolute atomic E-state index is 5.02. The third-order valence-electron chi connectivity index (χ3n) is 5.44. The van der Waals surface area contributed by atoms with Crippen molar-refractivity contribution in [3.05, 3.63) is 96.1 Å². The van der Waals surface area contributed by atoms with E-state index in [0.717, 1.165) is 30.9 Å². The number of hydrogen-bond acceptors (Lipinski definition) is 3. The fraction of sp³-hybridized carbons (Fsp3) is 0.240. The van der Waals surface area contributed by atoms with Crippen molar-refractivity contribution in [1.29, 1.82) is 0 Å².